The van der Waals surface area contributed by atoms with E-state index in [1.807, 2.05) is 0 Å². The molecule has 48 heavy (non-hydrogen) atoms. The number of carbonyl (C=O) groups is 9. The Kier molecular flexibility index (Phi) is 20.0. The molecule has 18 nitrogen and oxygen atoms in total. The molecule has 10 N–H and O–H groups in total. The van der Waals surface area contributed by atoms with Crippen molar-refractivity contribution in [3.8, 4) is 0 Å². The largest absolute Gasteiger partial charge is 0.367 e. The molecule has 0 bridgehead atoms. The van der Waals surface area contributed by atoms with E-state index in [-0.39, 0.29) is 5.88 Å². The van der Waals surface area contributed by atoms with E-state index >= 15 is 0 Å². The fourth-order valence-corrected chi connectivity index (χ4v) is 5.32. The standard InChI is InChI=1S/C26H44ClN9O9S3/c1-25(2,3)47-23(35-17(41)10-29-13(37)7-27)20(44)32-9-15(39)30-8-14(38)31-11-18(42)36-24(48-26(4,5)6)21(45)33-12-16(40)34-22(46)19(28)43/h22-24,46H,7-12H2,1-6H3,(H2,28,43)(H,29,37)(H,30,39)(H,31,38)(H,32,44)(H,33,45)(H,34,40)(H,35,41)(H,36,42). The molecule has 3 unspecified atom stereocenters. The van der Waals surface area contributed by atoms with Gasteiger partial charge in [-0.25, -0.2) is 0 Å². The summed E-state index contributed by atoms with van der Waals surface area (Å²) in [6.45, 7) is 8.18. The zero-order valence-corrected chi connectivity index (χ0v) is 30.7. The Labute approximate surface area is 297 Å². The molecule has 0 aliphatic carbocycles. The fourth-order valence-electron chi connectivity index (χ4n) is 2.90. The Balaban J connectivity index is 4.87. The molecular weight excluding hydrogens is 714 g/mol. The minimum Gasteiger partial charge on any atom is -0.367 e. The van der Waals surface area contributed by atoms with Crippen LogP contribution in [0.3, 0.4) is 0 Å². The smallest absolute Gasteiger partial charge is 0.253 e. The number of hydrogen-bond acceptors (Lipinski definition) is 12. The molecule has 0 radical (unpaired) electrons. The molecule has 0 aromatic rings. The number of amides is 9. The van der Waals surface area contributed by atoms with Crippen LogP contribution in [0, 0.1) is 0 Å². The molecule has 3 atom stereocenters. The highest BCUT2D eigenvalue weighted by atomic mass is 35.5. The molecule has 0 aliphatic rings. The number of hydrogen-bond donors (Lipinski definition) is 10. The van der Waals surface area contributed by atoms with E-state index in [4.69, 9.17) is 17.3 Å². The number of nitrogens with one attached hydrogen (secondary N) is 8. The highest BCUT2D eigenvalue weighted by Crippen LogP contribution is 2.27. The van der Waals surface area contributed by atoms with E-state index in [1.165, 1.54) is 0 Å². The Morgan fingerprint density at radius 1 is 0.562 bits per heavy atom. The molecule has 0 rings (SSSR count). The number of alkyl halides is 1. The molecule has 0 saturated carbocycles. The first-order valence-corrected chi connectivity index (χ1v) is 17.0. The lowest BCUT2D eigenvalue weighted by Gasteiger charge is -2.26. The summed E-state index contributed by atoms with van der Waals surface area (Å²) in [5.41, 5.74) is 5.02. The predicted molar refractivity (Wildman–Crippen MR) is 184 cm³/mol. The van der Waals surface area contributed by atoms with Crippen molar-refractivity contribution in [1.29, 1.82) is 0 Å². The van der Waals surface area contributed by atoms with Crippen LogP contribution in [0.15, 0.2) is 0 Å². The summed E-state index contributed by atoms with van der Waals surface area (Å²) >= 11 is 11.3. The monoisotopic (exact) mass is 757 g/mol. The first kappa shape index (κ1) is 44.6. The van der Waals surface area contributed by atoms with Gasteiger partial charge in [0.1, 0.15) is 5.88 Å². The van der Waals surface area contributed by atoms with Crippen LogP contribution in [0.1, 0.15) is 41.5 Å². The highest BCUT2D eigenvalue weighted by molar-refractivity contribution is 8.02. The SMILES string of the molecule is CC(C)(C)SC(NC(=O)CNC(=O)CCl)C(=O)NCC(=O)NCC(=O)NCC(=O)NC(SC(C)(C)C)C(=O)NCC(=O)NC(S)C(N)=O. The molecule has 0 heterocycles. The van der Waals surface area contributed by atoms with Gasteiger partial charge >= 0.3 is 0 Å². The number of nitrogens with two attached hydrogens (primary N) is 1. The van der Waals surface area contributed by atoms with E-state index < -0.39 is 112 Å². The Bertz CT molecular complexity index is 1210. The van der Waals surface area contributed by atoms with Crippen molar-refractivity contribution in [3.63, 3.8) is 0 Å². The quantitative estimate of drug-likeness (QED) is 0.0353. The van der Waals surface area contributed by atoms with Crippen molar-refractivity contribution in [2.75, 3.05) is 38.6 Å². The van der Waals surface area contributed by atoms with E-state index in [2.05, 4.69) is 55.2 Å². The van der Waals surface area contributed by atoms with Gasteiger partial charge in [-0.05, 0) is 0 Å². The number of carbonyl (C=O) groups excluding carboxylic acids is 9. The van der Waals surface area contributed by atoms with Crippen LogP contribution in [0.5, 0.6) is 0 Å². The van der Waals surface area contributed by atoms with Gasteiger partial charge in [0.05, 0.1) is 32.7 Å². The minimum absolute atomic E-state index is 0.341. The second kappa shape index (κ2) is 21.5. The third-order valence-electron chi connectivity index (χ3n) is 4.88. The molecule has 0 fully saturated rings. The molecular formula is C26H44ClN9O9S3. The third-order valence-corrected chi connectivity index (χ3v) is 8.05. The summed E-state index contributed by atoms with van der Waals surface area (Å²) in [5, 5.41) is 15.1. The molecule has 0 spiro atoms. The van der Waals surface area contributed by atoms with Crippen molar-refractivity contribution in [3.05, 3.63) is 0 Å². The maximum atomic E-state index is 12.7. The second-order valence-electron chi connectivity index (χ2n) is 11.6. The van der Waals surface area contributed by atoms with Gasteiger partial charge < -0.3 is 48.3 Å². The van der Waals surface area contributed by atoms with Gasteiger partial charge in [-0.15, -0.1) is 47.8 Å². The van der Waals surface area contributed by atoms with E-state index in [0.29, 0.717) is 0 Å². The number of thiol groups is 1. The number of rotatable bonds is 19. The summed E-state index contributed by atoms with van der Waals surface area (Å²) in [6, 6.07) is 0. The van der Waals surface area contributed by atoms with Crippen LogP contribution in [0.4, 0.5) is 0 Å². The normalized spacial score (nSPS) is 13.0. The molecule has 0 aromatic heterocycles. The summed E-state index contributed by atoms with van der Waals surface area (Å²) in [5.74, 6) is -6.89. The Morgan fingerprint density at radius 3 is 1.23 bits per heavy atom. The lowest BCUT2D eigenvalue weighted by Crippen LogP contribution is -2.52. The maximum absolute atomic E-state index is 12.7. The molecule has 22 heteroatoms. The van der Waals surface area contributed by atoms with Crippen LogP contribution in [0.2, 0.25) is 0 Å². The van der Waals surface area contributed by atoms with E-state index in [9.17, 15) is 43.2 Å². The van der Waals surface area contributed by atoms with E-state index in [1.54, 1.807) is 41.5 Å². The van der Waals surface area contributed by atoms with Gasteiger partial charge in [-0.1, -0.05) is 41.5 Å². The zero-order chi connectivity index (χ0) is 37.2. The van der Waals surface area contributed by atoms with E-state index in [0.717, 1.165) is 23.5 Å². The molecule has 9 amide bonds. The second-order valence-corrected chi connectivity index (χ2v) is 16.3. The van der Waals surface area contributed by atoms with Crippen LogP contribution >= 0.6 is 47.8 Å². The van der Waals surface area contributed by atoms with Gasteiger partial charge in [-0.3, -0.25) is 43.2 Å². The van der Waals surface area contributed by atoms with Gasteiger partial charge in [0.25, 0.3) is 11.8 Å². The Hall–Kier alpha value is -3.43. The molecule has 0 saturated heterocycles. The topological polar surface area (TPSA) is 276 Å². The van der Waals surface area contributed by atoms with Crippen molar-refractivity contribution in [2.45, 2.75) is 67.2 Å². The van der Waals surface area contributed by atoms with Crippen molar-refractivity contribution in [1.82, 2.24) is 42.5 Å². The minimum atomic E-state index is -1.26. The first-order valence-electron chi connectivity index (χ1n) is 14.2. The summed E-state index contributed by atoms with van der Waals surface area (Å²) < 4.78 is -0.988. The lowest BCUT2D eigenvalue weighted by atomic mass is 10.3. The molecule has 0 aromatic carbocycles. The van der Waals surface area contributed by atoms with Gasteiger partial charge in [-0.2, -0.15) is 0 Å². The summed E-state index contributed by atoms with van der Waals surface area (Å²) in [4.78, 5) is 109. The summed E-state index contributed by atoms with van der Waals surface area (Å²) in [7, 11) is 0. The van der Waals surface area contributed by atoms with Crippen molar-refractivity contribution in [2.24, 2.45) is 5.73 Å². The van der Waals surface area contributed by atoms with Crippen molar-refractivity contribution >= 4 is 101 Å². The van der Waals surface area contributed by atoms with Crippen LogP contribution in [-0.4, -0.2) is 117 Å². The zero-order valence-electron chi connectivity index (χ0n) is 27.4. The molecule has 0 aliphatic heterocycles. The average Bonchev–Trinajstić information content (AvgIpc) is 2.96. The Morgan fingerprint density at radius 2 is 0.875 bits per heavy atom. The first-order chi connectivity index (χ1) is 22.0. The number of thioether (sulfide) groups is 2. The third kappa shape index (κ3) is 22.2. The maximum Gasteiger partial charge on any atom is 0.253 e. The highest BCUT2D eigenvalue weighted by Gasteiger charge is 2.29. The van der Waals surface area contributed by atoms with Crippen molar-refractivity contribution < 1.29 is 43.2 Å². The predicted octanol–water partition coefficient (Wildman–Crippen LogP) is -3.39. The van der Waals surface area contributed by atoms with Crippen LogP contribution in [0.25, 0.3) is 0 Å². The van der Waals surface area contributed by atoms with Gasteiger partial charge in [0, 0.05) is 9.49 Å². The van der Waals surface area contributed by atoms with Gasteiger partial charge in [0.2, 0.25) is 41.4 Å². The average molecular weight is 758 g/mol. The number of halogens is 1. The van der Waals surface area contributed by atoms with Crippen LogP contribution < -0.4 is 48.3 Å². The molecule has 272 valence electrons. The lowest BCUT2D eigenvalue weighted by molar-refractivity contribution is -0.130. The van der Waals surface area contributed by atoms with Gasteiger partial charge in [0.15, 0.2) is 16.1 Å². The summed E-state index contributed by atoms with van der Waals surface area (Å²) in [6.07, 6.45) is 0. The number of primary amides is 1. The fraction of sp³-hybridized carbons (Fsp3) is 0.654. The van der Waals surface area contributed by atoms with Crippen LogP contribution in [-0.2, 0) is 43.2 Å².